The second-order valence-corrected chi connectivity index (χ2v) is 6.81. The summed E-state index contributed by atoms with van der Waals surface area (Å²) in [5.41, 5.74) is 0.989. The number of phenolic OH excluding ortho intramolecular Hbond substituents is 1. The van der Waals surface area contributed by atoms with Crippen molar-refractivity contribution in [3.63, 3.8) is 0 Å². The molecule has 0 bridgehead atoms. The Bertz CT molecular complexity index is 813. The number of rotatable bonds is 6. The third kappa shape index (κ3) is 3.62. The van der Waals surface area contributed by atoms with Crippen LogP contribution in [0, 0.1) is 6.92 Å². The van der Waals surface area contributed by atoms with Gasteiger partial charge in [-0.3, -0.25) is 0 Å². The lowest BCUT2D eigenvalue weighted by molar-refractivity contribution is 0.467. The molecule has 0 amide bonds. The third-order valence-electron chi connectivity index (χ3n) is 3.79. The first-order valence-corrected chi connectivity index (χ1v) is 8.77. The molecule has 2 N–H and O–H groups in total. The summed E-state index contributed by atoms with van der Waals surface area (Å²) < 4.78 is 0. The summed E-state index contributed by atoms with van der Waals surface area (Å²) >= 11 is 1.71. The minimum atomic E-state index is 0.374. The average Bonchev–Trinajstić information content (AvgIpc) is 2.93. The fourth-order valence-electron chi connectivity index (χ4n) is 2.59. The molecule has 0 aliphatic rings. The number of thiophene rings is 1. The van der Waals surface area contributed by atoms with Gasteiger partial charge in [-0.1, -0.05) is 25.1 Å². The molecule has 3 rings (SSSR count). The van der Waals surface area contributed by atoms with Crippen LogP contribution < -0.4 is 5.32 Å². The maximum Gasteiger partial charge on any atom is 0.138 e. The molecule has 2 heterocycles. The lowest BCUT2D eigenvalue weighted by atomic mass is 10.1. The van der Waals surface area contributed by atoms with Crippen LogP contribution in [0.25, 0.3) is 10.2 Å². The number of phenols is 1. The van der Waals surface area contributed by atoms with Crippen LogP contribution in [0.15, 0.2) is 30.3 Å². The Balaban J connectivity index is 1.68. The monoisotopic (exact) mass is 327 g/mol. The Labute approximate surface area is 140 Å². The number of fused-ring (bicyclic) bond motifs is 1. The normalized spacial score (nSPS) is 11.0. The van der Waals surface area contributed by atoms with Crippen molar-refractivity contribution < 1.29 is 5.11 Å². The lowest BCUT2D eigenvalue weighted by Gasteiger charge is -2.09. The molecule has 0 spiro atoms. The summed E-state index contributed by atoms with van der Waals surface area (Å²) in [6, 6.07) is 9.65. The Morgan fingerprint density at radius 1 is 1.22 bits per heavy atom. The van der Waals surface area contributed by atoms with Crippen molar-refractivity contribution in [3.05, 3.63) is 46.6 Å². The highest BCUT2D eigenvalue weighted by Gasteiger charge is 2.09. The minimum Gasteiger partial charge on any atom is -0.508 e. The van der Waals surface area contributed by atoms with Crippen LogP contribution in [-0.2, 0) is 12.8 Å². The highest BCUT2D eigenvalue weighted by atomic mass is 32.1. The van der Waals surface area contributed by atoms with Crippen molar-refractivity contribution in [2.75, 3.05) is 11.9 Å². The van der Waals surface area contributed by atoms with Gasteiger partial charge in [-0.15, -0.1) is 11.3 Å². The molecule has 3 aromatic rings. The van der Waals surface area contributed by atoms with Gasteiger partial charge >= 0.3 is 0 Å². The first-order valence-electron chi connectivity index (χ1n) is 7.95. The Morgan fingerprint density at radius 3 is 2.83 bits per heavy atom. The number of aryl methyl sites for hydroxylation is 3. The van der Waals surface area contributed by atoms with Gasteiger partial charge in [0.1, 0.15) is 22.2 Å². The van der Waals surface area contributed by atoms with Gasteiger partial charge in [0.25, 0.3) is 0 Å². The van der Waals surface area contributed by atoms with Gasteiger partial charge in [-0.25, -0.2) is 9.97 Å². The molecule has 2 aromatic heterocycles. The number of nitrogens with one attached hydrogen (secondary N) is 1. The quantitative estimate of drug-likeness (QED) is 0.662. The second kappa shape index (κ2) is 6.96. The van der Waals surface area contributed by atoms with Crippen molar-refractivity contribution in [2.24, 2.45) is 0 Å². The van der Waals surface area contributed by atoms with Gasteiger partial charge in [0.15, 0.2) is 0 Å². The summed E-state index contributed by atoms with van der Waals surface area (Å²) in [7, 11) is 0. The second-order valence-electron chi connectivity index (χ2n) is 5.58. The number of aromatic nitrogens is 2. The Hall–Kier alpha value is -2.14. The number of anilines is 1. The minimum absolute atomic E-state index is 0.374. The highest BCUT2D eigenvalue weighted by Crippen LogP contribution is 2.28. The fourth-order valence-corrected chi connectivity index (χ4v) is 3.49. The van der Waals surface area contributed by atoms with Crippen molar-refractivity contribution in [2.45, 2.75) is 33.1 Å². The van der Waals surface area contributed by atoms with Crippen LogP contribution in [0.5, 0.6) is 5.75 Å². The van der Waals surface area contributed by atoms with Gasteiger partial charge in [0, 0.05) is 17.8 Å². The zero-order valence-electron chi connectivity index (χ0n) is 13.5. The lowest BCUT2D eigenvalue weighted by Crippen LogP contribution is -2.07. The molecule has 120 valence electrons. The van der Waals surface area contributed by atoms with Crippen LogP contribution in [-0.4, -0.2) is 21.6 Å². The molecule has 0 unspecified atom stereocenters. The SMILES string of the molecule is CCc1nc(NCCCc2ccccc2O)c2cc(C)sc2n1. The molecule has 0 aliphatic heterocycles. The van der Waals surface area contributed by atoms with E-state index in [2.05, 4.69) is 35.2 Å². The molecule has 0 atom stereocenters. The first kappa shape index (κ1) is 15.7. The van der Waals surface area contributed by atoms with Crippen LogP contribution in [0.1, 0.15) is 29.6 Å². The third-order valence-corrected chi connectivity index (χ3v) is 4.73. The number of aromatic hydroxyl groups is 1. The van der Waals surface area contributed by atoms with E-state index in [-0.39, 0.29) is 0 Å². The molecule has 4 nitrogen and oxygen atoms in total. The zero-order chi connectivity index (χ0) is 16.2. The number of benzene rings is 1. The molecule has 0 radical (unpaired) electrons. The van der Waals surface area contributed by atoms with E-state index in [1.165, 1.54) is 4.88 Å². The zero-order valence-corrected chi connectivity index (χ0v) is 14.3. The number of para-hydroxylation sites is 1. The van der Waals surface area contributed by atoms with E-state index in [0.717, 1.165) is 53.2 Å². The summed E-state index contributed by atoms with van der Waals surface area (Å²) in [5.74, 6) is 2.18. The smallest absolute Gasteiger partial charge is 0.138 e. The molecule has 5 heteroatoms. The molecule has 0 saturated carbocycles. The van der Waals surface area contributed by atoms with E-state index in [1.807, 2.05) is 18.2 Å². The Morgan fingerprint density at radius 2 is 2.04 bits per heavy atom. The first-order chi connectivity index (χ1) is 11.2. The number of hydrogen-bond acceptors (Lipinski definition) is 5. The molecule has 23 heavy (non-hydrogen) atoms. The van der Waals surface area contributed by atoms with E-state index < -0.39 is 0 Å². The maximum absolute atomic E-state index is 9.80. The van der Waals surface area contributed by atoms with Crippen LogP contribution >= 0.6 is 11.3 Å². The highest BCUT2D eigenvalue weighted by molar-refractivity contribution is 7.18. The van der Waals surface area contributed by atoms with E-state index in [1.54, 1.807) is 17.4 Å². The van der Waals surface area contributed by atoms with Crippen molar-refractivity contribution in [1.82, 2.24) is 9.97 Å². The molecule has 1 aromatic carbocycles. The maximum atomic E-state index is 9.80. The summed E-state index contributed by atoms with van der Waals surface area (Å²) in [5, 5.41) is 14.3. The summed E-state index contributed by atoms with van der Waals surface area (Å²) in [6.07, 6.45) is 2.62. The van der Waals surface area contributed by atoms with Crippen LogP contribution in [0.3, 0.4) is 0 Å². The average molecular weight is 327 g/mol. The van der Waals surface area contributed by atoms with Crippen molar-refractivity contribution >= 4 is 27.4 Å². The summed E-state index contributed by atoms with van der Waals surface area (Å²) in [6.45, 7) is 4.99. The predicted molar refractivity (Wildman–Crippen MR) is 96.4 cm³/mol. The van der Waals surface area contributed by atoms with Crippen LogP contribution in [0.2, 0.25) is 0 Å². The molecular formula is C18H21N3OS. The van der Waals surface area contributed by atoms with Gasteiger partial charge in [-0.05, 0) is 37.5 Å². The van der Waals surface area contributed by atoms with Gasteiger partial charge in [0.05, 0.1) is 5.39 Å². The van der Waals surface area contributed by atoms with Crippen molar-refractivity contribution in [1.29, 1.82) is 0 Å². The van der Waals surface area contributed by atoms with Crippen LogP contribution in [0.4, 0.5) is 5.82 Å². The Kier molecular flexibility index (Phi) is 4.76. The molecule has 0 saturated heterocycles. The van der Waals surface area contributed by atoms with Gasteiger partial charge in [0.2, 0.25) is 0 Å². The summed E-state index contributed by atoms with van der Waals surface area (Å²) in [4.78, 5) is 11.5. The van der Waals surface area contributed by atoms with E-state index in [9.17, 15) is 5.11 Å². The van der Waals surface area contributed by atoms with Gasteiger partial charge in [-0.2, -0.15) is 0 Å². The number of hydrogen-bond donors (Lipinski definition) is 2. The van der Waals surface area contributed by atoms with E-state index in [0.29, 0.717) is 5.75 Å². The molecular weight excluding hydrogens is 306 g/mol. The van der Waals surface area contributed by atoms with Crippen molar-refractivity contribution in [3.8, 4) is 5.75 Å². The van der Waals surface area contributed by atoms with E-state index in [4.69, 9.17) is 0 Å². The van der Waals surface area contributed by atoms with Gasteiger partial charge < -0.3 is 10.4 Å². The molecule has 0 fully saturated rings. The fraction of sp³-hybridized carbons (Fsp3) is 0.333. The molecule has 0 aliphatic carbocycles. The topological polar surface area (TPSA) is 58.0 Å². The number of nitrogens with zero attached hydrogens (tertiary/aromatic N) is 2. The standard InChI is InChI=1S/C18H21N3OS/c1-3-16-20-17(14-11-12(2)23-18(14)21-16)19-10-6-8-13-7-4-5-9-15(13)22/h4-5,7,9,11,22H,3,6,8,10H2,1-2H3,(H,19,20,21). The van der Waals surface area contributed by atoms with E-state index >= 15 is 0 Å². The largest absolute Gasteiger partial charge is 0.508 e. The predicted octanol–water partition coefficient (Wildman–Crippen LogP) is 4.31.